The minimum absolute atomic E-state index is 0.183. The molecule has 0 atom stereocenters. The van der Waals surface area contributed by atoms with Gasteiger partial charge in [0, 0.05) is 6.07 Å². The molecule has 1 aromatic carbocycles. The van der Waals surface area contributed by atoms with Crippen LogP contribution in [0.1, 0.15) is 5.76 Å². The van der Waals surface area contributed by atoms with Crippen molar-refractivity contribution in [1.82, 2.24) is 20.2 Å². The highest BCUT2D eigenvalue weighted by Crippen LogP contribution is 2.09. The topological polar surface area (TPSA) is 109 Å². The molecule has 0 unspecified atom stereocenters. The first-order chi connectivity index (χ1) is 11.1. The van der Waals surface area contributed by atoms with Gasteiger partial charge >= 0.3 is 5.97 Å². The minimum Gasteiger partial charge on any atom is -0.463 e. The fourth-order valence-electron chi connectivity index (χ4n) is 1.83. The molecule has 0 radical (unpaired) electrons. The maximum absolute atomic E-state index is 12.1. The summed E-state index contributed by atoms with van der Waals surface area (Å²) in [4.78, 5) is 23.7. The Bertz CT molecular complexity index is 901. The average molecular weight is 316 g/mol. The van der Waals surface area contributed by atoms with Gasteiger partial charge in [0.2, 0.25) is 0 Å². The van der Waals surface area contributed by atoms with Crippen LogP contribution >= 0.6 is 0 Å². The maximum atomic E-state index is 12.1. The number of esters is 1. The Kier molecular flexibility index (Phi) is 4.00. The third-order valence-electron chi connectivity index (χ3n) is 2.92. The third-order valence-corrected chi connectivity index (χ3v) is 2.92. The first kappa shape index (κ1) is 14.7. The number of carbonyl (C=O) groups excluding carboxylic acids is 1. The zero-order chi connectivity index (χ0) is 16.2. The Morgan fingerprint density at radius 1 is 1.35 bits per heavy atom. The molecule has 0 aliphatic heterocycles. The quantitative estimate of drug-likeness (QED) is 0.632. The van der Waals surface area contributed by atoms with Crippen LogP contribution in [0.25, 0.3) is 10.9 Å². The zero-order valence-corrected chi connectivity index (χ0v) is 12.1. The molecule has 0 bridgehead atoms. The number of hydrogen-bond donors (Lipinski definition) is 0. The molecule has 0 aliphatic rings. The number of rotatable bonds is 5. The second-order valence-corrected chi connectivity index (χ2v) is 4.62. The van der Waals surface area contributed by atoms with E-state index in [9.17, 15) is 9.59 Å². The van der Waals surface area contributed by atoms with Crippen molar-refractivity contribution in [1.29, 1.82) is 0 Å². The fraction of sp³-hybridized carbons (Fsp3) is 0.214. The Morgan fingerprint density at radius 3 is 2.96 bits per heavy atom. The van der Waals surface area contributed by atoms with Crippen molar-refractivity contribution in [3.63, 3.8) is 0 Å². The van der Waals surface area contributed by atoms with E-state index < -0.39 is 11.5 Å². The van der Waals surface area contributed by atoms with E-state index >= 15 is 0 Å². The molecule has 2 heterocycles. The molecule has 0 saturated heterocycles. The van der Waals surface area contributed by atoms with Crippen LogP contribution in [0.2, 0.25) is 0 Å². The van der Waals surface area contributed by atoms with Gasteiger partial charge in [-0.3, -0.25) is 4.79 Å². The molecule has 0 N–H and O–H groups in total. The lowest BCUT2D eigenvalue weighted by molar-refractivity contribution is -0.150. The lowest BCUT2D eigenvalue weighted by atomic mass is 10.2. The summed E-state index contributed by atoms with van der Waals surface area (Å²) in [5.74, 6) is 0.0704. The van der Waals surface area contributed by atoms with Gasteiger partial charge < -0.3 is 14.0 Å². The Morgan fingerprint density at radius 2 is 2.17 bits per heavy atom. The maximum Gasteiger partial charge on any atom is 0.346 e. The van der Waals surface area contributed by atoms with Gasteiger partial charge in [0.05, 0.1) is 5.39 Å². The molecule has 0 aliphatic carbocycles. The summed E-state index contributed by atoms with van der Waals surface area (Å²) in [6.45, 7) is 0.988. The standard InChI is InChI=1S/C14H12N4O5/c1-9-6-12(16-23-9)21-7-13(19)22-8-18-14(20)10-4-2-3-5-11(10)15-17-18/h2-6H,7-8H2,1H3. The summed E-state index contributed by atoms with van der Waals surface area (Å²) in [5.41, 5.74) is 0.0845. The van der Waals surface area contributed by atoms with E-state index in [-0.39, 0.29) is 19.2 Å². The third kappa shape index (κ3) is 3.34. The van der Waals surface area contributed by atoms with Crippen LogP contribution in [-0.2, 0) is 16.3 Å². The first-order valence-electron chi connectivity index (χ1n) is 6.68. The van der Waals surface area contributed by atoms with Crippen molar-refractivity contribution in [2.45, 2.75) is 13.7 Å². The number of aryl methyl sites for hydroxylation is 1. The highest BCUT2D eigenvalue weighted by Gasteiger charge is 2.10. The van der Waals surface area contributed by atoms with Crippen molar-refractivity contribution in [2.24, 2.45) is 0 Å². The van der Waals surface area contributed by atoms with Crippen LogP contribution in [0, 0.1) is 6.92 Å². The van der Waals surface area contributed by atoms with E-state index in [1.54, 1.807) is 31.2 Å². The molecule has 23 heavy (non-hydrogen) atoms. The minimum atomic E-state index is -0.674. The van der Waals surface area contributed by atoms with Crippen molar-refractivity contribution in [3.05, 3.63) is 46.4 Å². The molecule has 0 spiro atoms. The number of carbonyl (C=O) groups is 1. The highest BCUT2D eigenvalue weighted by atomic mass is 16.6. The normalized spacial score (nSPS) is 10.7. The van der Waals surface area contributed by atoms with Crippen LogP contribution < -0.4 is 10.3 Å². The van der Waals surface area contributed by atoms with E-state index in [1.807, 2.05) is 0 Å². The lowest BCUT2D eigenvalue weighted by Gasteiger charge is -2.06. The molecule has 0 amide bonds. The van der Waals surface area contributed by atoms with Gasteiger partial charge in [0.25, 0.3) is 11.4 Å². The van der Waals surface area contributed by atoms with E-state index in [0.717, 1.165) is 4.68 Å². The van der Waals surface area contributed by atoms with Crippen molar-refractivity contribution >= 4 is 16.9 Å². The number of hydrogen-bond acceptors (Lipinski definition) is 8. The lowest BCUT2D eigenvalue weighted by Crippen LogP contribution is -2.27. The van der Waals surface area contributed by atoms with Crippen LogP contribution in [0.5, 0.6) is 5.88 Å². The SMILES string of the molecule is Cc1cc(OCC(=O)OCn2nnc3ccccc3c2=O)no1. The van der Waals surface area contributed by atoms with Gasteiger partial charge in [-0.05, 0) is 24.2 Å². The number of nitrogens with zero attached hydrogens (tertiary/aromatic N) is 4. The van der Waals surface area contributed by atoms with Gasteiger partial charge in [0.15, 0.2) is 13.3 Å². The first-order valence-corrected chi connectivity index (χ1v) is 6.68. The molecule has 9 heteroatoms. The zero-order valence-electron chi connectivity index (χ0n) is 12.1. The summed E-state index contributed by atoms with van der Waals surface area (Å²) >= 11 is 0. The Balaban J connectivity index is 1.60. The summed E-state index contributed by atoms with van der Waals surface area (Å²) < 4.78 is 15.7. The predicted molar refractivity (Wildman–Crippen MR) is 76.6 cm³/mol. The van der Waals surface area contributed by atoms with Gasteiger partial charge in [0.1, 0.15) is 11.3 Å². The van der Waals surface area contributed by atoms with E-state index in [1.165, 1.54) is 6.07 Å². The van der Waals surface area contributed by atoms with Gasteiger partial charge in [-0.15, -0.1) is 5.10 Å². The fourth-order valence-corrected chi connectivity index (χ4v) is 1.83. The van der Waals surface area contributed by atoms with Gasteiger partial charge in [-0.2, -0.15) is 4.68 Å². The summed E-state index contributed by atoms with van der Waals surface area (Å²) in [6, 6.07) is 8.31. The second kappa shape index (κ2) is 6.26. The van der Waals surface area contributed by atoms with Crippen molar-refractivity contribution < 1.29 is 18.8 Å². The number of aromatic nitrogens is 4. The van der Waals surface area contributed by atoms with E-state index in [4.69, 9.17) is 14.0 Å². The molecule has 9 nitrogen and oxygen atoms in total. The van der Waals surface area contributed by atoms with Crippen molar-refractivity contribution in [3.8, 4) is 5.88 Å². The average Bonchev–Trinajstić information content (AvgIpc) is 2.98. The molecule has 3 rings (SSSR count). The number of benzene rings is 1. The Labute approximate surface area is 129 Å². The molecule has 118 valence electrons. The summed E-state index contributed by atoms with van der Waals surface area (Å²) in [5, 5.41) is 11.6. The van der Waals surface area contributed by atoms with Crippen LogP contribution in [0.4, 0.5) is 0 Å². The molecule has 3 aromatic rings. The van der Waals surface area contributed by atoms with Gasteiger partial charge in [-0.25, -0.2) is 4.79 Å². The van der Waals surface area contributed by atoms with Gasteiger partial charge in [-0.1, -0.05) is 17.3 Å². The smallest absolute Gasteiger partial charge is 0.346 e. The van der Waals surface area contributed by atoms with Crippen LogP contribution in [0.3, 0.4) is 0 Å². The molecular formula is C14H12N4O5. The second-order valence-electron chi connectivity index (χ2n) is 4.62. The highest BCUT2D eigenvalue weighted by molar-refractivity contribution is 5.76. The molecule has 0 fully saturated rings. The van der Waals surface area contributed by atoms with E-state index in [0.29, 0.717) is 16.7 Å². The Hall–Kier alpha value is -3.23. The van der Waals surface area contributed by atoms with E-state index in [2.05, 4.69) is 15.5 Å². The largest absolute Gasteiger partial charge is 0.463 e. The predicted octanol–water partition coefficient (Wildman–Crippen LogP) is 0.668. The molecule has 0 saturated carbocycles. The summed E-state index contributed by atoms with van der Waals surface area (Å²) in [6.07, 6.45) is 0. The number of ether oxygens (including phenoxy) is 2. The molecular weight excluding hydrogens is 304 g/mol. The molecule has 2 aromatic heterocycles. The van der Waals surface area contributed by atoms with Crippen molar-refractivity contribution in [2.75, 3.05) is 6.61 Å². The monoisotopic (exact) mass is 316 g/mol. The van der Waals surface area contributed by atoms with Crippen LogP contribution in [0.15, 0.2) is 39.6 Å². The summed E-state index contributed by atoms with van der Waals surface area (Å²) in [7, 11) is 0. The van der Waals surface area contributed by atoms with Crippen LogP contribution in [-0.4, -0.2) is 32.7 Å². The number of fused-ring (bicyclic) bond motifs is 1.